The molecule has 1 aliphatic rings. The van der Waals surface area contributed by atoms with Crippen LogP contribution in [0.2, 0.25) is 0 Å². The second-order valence-electron chi connectivity index (χ2n) is 8.06. The normalized spacial score (nSPS) is 16.4. The van der Waals surface area contributed by atoms with Gasteiger partial charge in [0.2, 0.25) is 5.91 Å². The van der Waals surface area contributed by atoms with E-state index in [4.69, 9.17) is 0 Å². The van der Waals surface area contributed by atoms with Gasteiger partial charge in [0.15, 0.2) is 0 Å². The number of amides is 1. The molecule has 156 valence electrons. The predicted octanol–water partition coefficient (Wildman–Crippen LogP) is 4.50. The molecule has 0 N–H and O–H groups in total. The molecule has 3 aromatic rings. The molecule has 4 rings (SSSR count). The second-order valence-corrected chi connectivity index (χ2v) is 8.06. The number of likely N-dealkylation sites (tertiary alicyclic amines) is 1. The maximum atomic E-state index is 13.4. The minimum atomic E-state index is -0.616. The van der Waals surface area contributed by atoms with Crippen molar-refractivity contribution < 1.29 is 13.6 Å². The van der Waals surface area contributed by atoms with Crippen LogP contribution in [0.3, 0.4) is 0 Å². The van der Waals surface area contributed by atoms with Gasteiger partial charge in [-0.2, -0.15) is 0 Å². The topological polar surface area (TPSA) is 38.1 Å². The molecular formula is C24H25F2N3O. The van der Waals surface area contributed by atoms with Crippen molar-refractivity contribution in [1.29, 1.82) is 0 Å². The highest BCUT2D eigenvalue weighted by Gasteiger charge is 2.31. The van der Waals surface area contributed by atoms with Crippen molar-refractivity contribution in [3.05, 3.63) is 89.0 Å². The first-order valence-electron chi connectivity index (χ1n) is 10.3. The first kappa shape index (κ1) is 20.3. The average molecular weight is 409 g/mol. The fourth-order valence-electron chi connectivity index (χ4n) is 4.06. The number of imidazole rings is 1. The summed E-state index contributed by atoms with van der Waals surface area (Å²) in [5.74, 6) is -1.24. The van der Waals surface area contributed by atoms with Gasteiger partial charge in [0.05, 0.1) is 6.33 Å². The fourth-order valence-corrected chi connectivity index (χ4v) is 4.06. The molecular weight excluding hydrogens is 384 g/mol. The highest BCUT2D eigenvalue weighted by molar-refractivity contribution is 5.80. The van der Waals surface area contributed by atoms with E-state index in [-0.39, 0.29) is 18.4 Å². The highest BCUT2D eigenvalue weighted by Crippen LogP contribution is 2.25. The van der Waals surface area contributed by atoms with E-state index >= 15 is 0 Å². The minimum Gasteiger partial charge on any atom is -0.338 e. The van der Waals surface area contributed by atoms with E-state index < -0.39 is 11.6 Å². The van der Waals surface area contributed by atoms with Crippen LogP contribution >= 0.6 is 0 Å². The van der Waals surface area contributed by atoms with Crippen LogP contribution in [0.25, 0.3) is 0 Å². The van der Waals surface area contributed by atoms with Crippen molar-refractivity contribution >= 4 is 5.91 Å². The van der Waals surface area contributed by atoms with E-state index in [0.29, 0.717) is 12.1 Å². The van der Waals surface area contributed by atoms with E-state index in [2.05, 4.69) is 40.7 Å². The number of aromatic nitrogens is 2. The van der Waals surface area contributed by atoms with Crippen molar-refractivity contribution in [3.8, 4) is 0 Å². The number of hydrogen-bond acceptors (Lipinski definition) is 2. The molecule has 0 spiro atoms. The standard InChI is InChI=1S/C24H25F2N3O/c1-17-2-4-18(5-3-17)14-29-16-27-13-23(29)7-6-20-8-9-28(24(20)30)15-19-10-21(25)12-22(26)11-19/h2-5,10-13,16,20H,6-9,14-15H2,1H3/t20-/m0/s1. The summed E-state index contributed by atoms with van der Waals surface area (Å²) in [5, 5.41) is 0. The lowest BCUT2D eigenvalue weighted by Gasteiger charge is -2.17. The smallest absolute Gasteiger partial charge is 0.226 e. The van der Waals surface area contributed by atoms with Gasteiger partial charge in [-0.15, -0.1) is 0 Å². The Labute approximate surface area is 175 Å². The summed E-state index contributed by atoms with van der Waals surface area (Å²) in [6, 6.07) is 11.8. The van der Waals surface area contributed by atoms with E-state index in [1.165, 1.54) is 23.3 Å². The summed E-state index contributed by atoms with van der Waals surface area (Å²) in [6.07, 6.45) is 5.97. The Bertz CT molecular complexity index is 1010. The molecule has 0 radical (unpaired) electrons. The van der Waals surface area contributed by atoms with Gasteiger partial charge in [-0.05, 0) is 49.4 Å². The number of benzene rings is 2. The van der Waals surface area contributed by atoms with Crippen LogP contribution in [0, 0.1) is 24.5 Å². The molecule has 6 heteroatoms. The van der Waals surface area contributed by atoms with Gasteiger partial charge in [-0.3, -0.25) is 4.79 Å². The molecule has 1 aliphatic heterocycles. The monoisotopic (exact) mass is 409 g/mol. The summed E-state index contributed by atoms with van der Waals surface area (Å²) in [6.45, 7) is 3.68. The van der Waals surface area contributed by atoms with Crippen LogP contribution in [-0.2, 0) is 24.3 Å². The SMILES string of the molecule is Cc1ccc(Cn2cncc2CC[C@H]2CCN(Cc3cc(F)cc(F)c3)C2=O)cc1. The summed E-state index contributed by atoms with van der Waals surface area (Å²) in [5.41, 5.74) is 4.03. The average Bonchev–Trinajstić information content (AvgIpc) is 3.28. The highest BCUT2D eigenvalue weighted by atomic mass is 19.1. The van der Waals surface area contributed by atoms with Crippen LogP contribution in [0.1, 0.15) is 35.2 Å². The largest absolute Gasteiger partial charge is 0.338 e. The number of aryl methyl sites for hydroxylation is 2. The molecule has 2 heterocycles. The third-order valence-electron chi connectivity index (χ3n) is 5.73. The molecule has 0 aliphatic carbocycles. The first-order chi connectivity index (χ1) is 14.5. The Morgan fingerprint density at radius 1 is 1.03 bits per heavy atom. The summed E-state index contributed by atoms with van der Waals surface area (Å²) in [4.78, 5) is 18.7. The van der Waals surface area contributed by atoms with Crippen molar-refractivity contribution in [1.82, 2.24) is 14.5 Å². The molecule has 1 aromatic heterocycles. The molecule has 1 saturated heterocycles. The lowest BCUT2D eigenvalue weighted by atomic mass is 10.0. The van der Waals surface area contributed by atoms with Gasteiger partial charge in [0.1, 0.15) is 11.6 Å². The third-order valence-corrected chi connectivity index (χ3v) is 5.73. The van der Waals surface area contributed by atoms with Gasteiger partial charge < -0.3 is 9.47 Å². The van der Waals surface area contributed by atoms with Crippen LogP contribution in [0.4, 0.5) is 8.78 Å². The summed E-state index contributed by atoms with van der Waals surface area (Å²) >= 11 is 0. The second kappa shape index (κ2) is 8.78. The number of carbonyl (C=O) groups excluding carboxylic acids is 1. The van der Waals surface area contributed by atoms with Gasteiger partial charge in [-0.1, -0.05) is 29.8 Å². The van der Waals surface area contributed by atoms with Crippen molar-refractivity contribution in [2.45, 2.75) is 39.3 Å². The van der Waals surface area contributed by atoms with Crippen LogP contribution in [0.15, 0.2) is 55.0 Å². The van der Waals surface area contributed by atoms with Gasteiger partial charge >= 0.3 is 0 Å². The lowest BCUT2D eigenvalue weighted by Crippen LogP contribution is -2.27. The number of hydrogen-bond donors (Lipinski definition) is 0. The maximum absolute atomic E-state index is 13.4. The maximum Gasteiger partial charge on any atom is 0.226 e. The molecule has 0 saturated carbocycles. The summed E-state index contributed by atoms with van der Waals surface area (Å²) < 4.78 is 29.0. The zero-order chi connectivity index (χ0) is 21.1. The van der Waals surface area contributed by atoms with Crippen molar-refractivity contribution in [3.63, 3.8) is 0 Å². The van der Waals surface area contributed by atoms with Gasteiger partial charge in [0, 0.05) is 43.5 Å². The zero-order valence-electron chi connectivity index (χ0n) is 17.0. The predicted molar refractivity (Wildman–Crippen MR) is 111 cm³/mol. The van der Waals surface area contributed by atoms with Crippen LogP contribution < -0.4 is 0 Å². The molecule has 1 amide bonds. The van der Waals surface area contributed by atoms with Crippen molar-refractivity contribution in [2.75, 3.05) is 6.54 Å². The lowest BCUT2D eigenvalue weighted by molar-refractivity contribution is -0.131. The minimum absolute atomic E-state index is 0.0595. The number of nitrogens with zero attached hydrogens (tertiary/aromatic N) is 3. The quantitative estimate of drug-likeness (QED) is 0.576. The third kappa shape index (κ3) is 4.75. The van der Waals surface area contributed by atoms with E-state index in [9.17, 15) is 13.6 Å². The molecule has 2 aromatic carbocycles. The van der Waals surface area contributed by atoms with E-state index in [1.54, 1.807) is 4.90 Å². The van der Waals surface area contributed by atoms with Crippen molar-refractivity contribution in [2.24, 2.45) is 5.92 Å². The summed E-state index contributed by atoms with van der Waals surface area (Å²) in [7, 11) is 0. The number of rotatable bonds is 7. The Hall–Kier alpha value is -3.02. The molecule has 0 bridgehead atoms. The molecule has 30 heavy (non-hydrogen) atoms. The molecule has 0 unspecified atom stereocenters. The Morgan fingerprint density at radius 2 is 1.77 bits per heavy atom. The van der Waals surface area contributed by atoms with Crippen LogP contribution in [0.5, 0.6) is 0 Å². The zero-order valence-corrected chi connectivity index (χ0v) is 17.0. The Balaban J connectivity index is 1.34. The molecule has 4 nitrogen and oxygen atoms in total. The molecule has 1 fully saturated rings. The van der Waals surface area contributed by atoms with E-state index in [0.717, 1.165) is 37.6 Å². The van der Waals surface area contributed by atoms with Gasteiger partial charge in [0.25, 0.3) is 0 Å². The fraction of sp³-hybridized carbons (Fsp3) is 0.333. The first-order valence-corrected chi connectivity index (χ1v) is 10.3. The van der Waals surface area contributed by atoms with E-state index in [1.807, 2.05) is 12.5 Å². The number of carbonyl (C=O) groups is 1. The molecule has 1 atom stereocenters. The number of halogens is 2. The Kier molecular flexibility index (Phi) is 5.93. The van der Waals surface area contributed by atoms with Gasteiger partial charge in [-0.25, -0.2) is 13.8 Å². The van der Waals surface area contributed by atoms with Crippen LogP contribution in [-0.4, -0.2) is 26.9 Å². The Morgan fingerprint density at radius 3 is 2.50 bits per heavy atom.